The highest BCUT2D eigenvalue weighted by atomic mass is 35.5. The molecule has 2 saturated carbocycles. The van der Waals surface area contributed by atoms with Gasteiger partial charge in [0.1, 0.15) is 36.3 Å². The lowest BCUT2D eigenvalue weighted by Crippen LogP contribution is -2.59. The van der Waals surface area contributed by atoms with E-state index in [1.54, 1.807) is 44.3 Å². The number of likely N-dealkylation sites (N-methyl/N-ethyl adjacent to an activating group) is 1. The van der Waals surface area contributed by atoms with Crippen LogP contribution >= 0.6 is 11.6 Å². The van der Waals surface area contributed by atoms with Crippen LogP contribution < -0.4 is 0 Å². The lowest BCUT2D eigenvalue weighted by Gasteiger charge is -2.45. The molecule has 2 aromatic rings. The van der Waals surface area contributed by atoms with Crippen molar-refractivity contribution in [3.05, 3.63) is 47.1 Å². The molecular formula is C49H70ClFN4O10. The second-order valence-electron chi connectivity index (χ2n) is 19.6. The Morgan fingerprint density at radius 2 is 1.68 bits per heavy atom. The van der Waals surface area contributed by atoms with Crippen LogP contribution in [0.4, 0.5) is 4.39 Å². The van der Waals surface area contributed by atoms with Crippen molar-refractivity contribution < 1.29 is 51.9 Å². The third-order valence-corrected chi connectivity index (χ3v) is 16.0. The standard InChI is InChI=1S/C49H70ClFN4O10/c1-10-30-15-12-16-39(65-41-18-17-38(54(5)6)26(3)61-41)25(2)45(57)36-22-33-32-20-31(64-49-48(60-9)47(59-8)46(58-7)27(4)62-49)21-35(32)44(43(51)42(33)34(36)23-40(56)63-30)55-24-37(52-53-55)28-13-11-14-29(50)19-28/h11,13-14,19,22,24-27,30-35,38-39,41-44,46-49H,10,12,15-18,20-21,23H2,1-9H3/t25-,26?,27?,30+,31+,32+,33+,34-,35-,38+,39+,41+,42-,43+,44?,46+,47?,48?,49+/m1/s1. The molecular weight excluding hydrogens is 859 g/mol. The van der Waals surface area contributed by atoms with Gasteiger partial charge in [-0.1, -0.05) is 48.9 Å². The zero-order chi connectivity index (χ0) is 46.3. The third kappa shape index (κ3) is 9.88. The molecule has 1 aromatic carbocycles. The second-order valence-corrected chi connectivity index (χ2v) is 20.1. The van der Waals surface area contributed by atoms with E-state index in [1.165, 1.54) is 0 Å². The summed E-state index contributed by atoms with van der Waals surface area (Å²) >= 11 is 6.38. The molecule has 5 fully saturated rings. The molecule has 3 aliphatic carbocycles. The number of Topliss-reactive ketones (excluding diaryl/α,β-unsaturated/α-hetero) is 1. The third-order valence-electron chi connectivity index (χ3n) is 15.7. The van der Waals surface area contributed by atoms with E-state index in [0.29, 0.717) is 61.2 Å². The molecule has 0 radical (unpaired) electrons. The van der Waals surface area contributed by atoms with Gasteiger partial charge in [-0.15, -0.1) is 5.10 Å². The number of nitrogens with zero attached hydrogens (tertiary/aromatic N) is 4. The number of fused-ring (bicyclic) bond motifs is 5. The number of ether oxygens (including phenoxy) is 8. The molecule has 0 bridgehead atoms. The maximum atomic E-state index is 18.3. The molecule has 1 aromatic heterocycles. The number of aromatic nitrogens is 3. The largest absolute Gasteiger partial charge is 0.462 e. The number of hydrogen-bond donors (Lipinski definition) is 0. The molecule has 65 heavy (non-hydrogen) atoms. The van der Waals surface area contributed by atoms with Crippen molar-refractivity contribution >= 4 is 23.4 Å². The van der Waals surface area contributed by atoms with Crippen molar-refractivity contribution in [2.45, 2.75) is 165 Å². The molecule has 3 aliphatic heterocycles. The maximum absolute atomic E-state index is 18.3. The van der Waals surface area contributed by atoms with Crippen molar-refractivity contribution in [3.63, 3.8) is 0 Å². The first-order chi connectivity index (χ1) is 31.2. The van der Waals surface area contributed by atoms with Crippen LogP contribution in [0.1, 0.15) is 91.5 Å². The maximum Gasteiger partial charge on any atom is 0.306 e. The van der Waals surface area contributed by atoms with E-state index in [0.717, 1.165) is 12.0 Å². The second kappa shape index (κ2) is 20.8. The van der Waals surface area contributed by atoms with Gasteiger partial charge in [-0.25, -0.2) is 9.07 Å². The van der Waals surface area contributed by atoms with E-state index in [1.807, 2.05) is 39.0 Å². The summed E-state index contributed by atoms with van der Waals surface area (Å²) in [7, 11) is 8.96. The Labute approximate surface area is 388 Å². The number of rotatable bonds is 11. The van der Waals surface area contributed by atoms with Gasteiger partial charge >= 0.3 is 5.97 Å². The summed E-state index contributed by atoms with van der Waals surface area (Å²) in [5.74, 6) is -3.33. The molecule has 3 saturated heterocycles. The molecule has 14 nitrogen and oxygen atoms in total. The van der Waals surface area contributed by atoms with Gasteiger partial charge in [-0.2, -0.15) is 0 Å². The molecule has 0 amide bonds. The lowest BCUT2D eigenvalue weighted by molar-refractivity contribution is -0.314. The van der Waals surface area contributed by atoms with Gasteiger partial charge in [0.2, 0.25) is 0 Å². The Kier molecular flexibility index (Phi) is 15.5. The number of cyclic esters (lactones) is 1. The number of ketones is 1. The molecule has 0 spiro atoms. The minimum Gasteiger partial charge on any atom is -0.462 e. The normalized spacial score (nSPS) is 41.5. The van der Waals surface area contributed by atoms with Crippen molar-refractivity contribution in [3.8, 4) is 11.3 Å². The van der Waals surface area contributed by atoms with Crippen LogP contribution in [-0.2, 0) is 47.5 Å². The predicted octanol–water partition coefficient (Wildman–Crippen LogP) is 7.42. The number of hydrogen-bond acceptors (Lipinski definition) is 13. The molecule has 4 heterocycles. The summed E-state index contributed by atoms with van der Waals surface area (Å²) in [6.07, 6.45) is 3.25. The summed E-state index contributed by atoms with van der Waals surface area (Å²) in [6, 6.07) is 6.81. The van der Waals surface area contributed by atoms with Gasteiger partial charge in [-0.3, -0.25) is 9.59 Å². The van der Waals surface area contributed by atoms with Crippen LogP contribution in [0.15, 0.2) is 42.1 Å². The van der Waals surface area contributed by atoms with Crippen LogP contribution in [0.3, 0.4) is 0 Å². The number of alkyl halides is 1. The van der Waals surface area contributed by atoms with Crippen molar-refractivity contribution in [2.24, 2.45) is 35.5 Å². The van der Waals surface area contributed by atoms with Crippen molar-refractivity contribution in [1.29, 1.82) is 0 Å². The minimum atomic E-state index is -1.51. The summed E-state index contributed by atoms with van der Waals surface area (Å²) in [5.41, 5.74) is 1.80. The van der Waals surface area contributed by atoms with Gasteiger partial charge in [0.25, 0.3) is 0 Å². The number of allylic oxidation sites excluding steroid dienone is 2. The molecule has 19 atom stereocenters. The molecule has 16 heteroatoms. The molecule has 0 N–H and O–H groups in total. The van der Waals surface area contributed by atoms with E-state index >= 15 is 9.18 Å². The van der Waals surface area contributed by atoms with Crippen LogP contribution in [0.25, 0.3) is 11.3 Å². The Morgan fingerprint density at radius 1 is 0.923 bits per heavy atom. The zero-order valence-corrected chi connectivity index (χ0v) is 40.2. The van der Waals surface area contributed by atoms with Crippen molar-refractivity contribution in [2.75, 3.05) is 35.4 Å². The number of carbonyl (C=O) groups is 2. The zero-order valence-electron chi connectivity index (χ0n) is 39.4. The smallest absolute Gasteiger partial charge is 0.306 e. The lowest BCUT2D eigenvalue weighted by atomic mass is 9.63. The first-order valence-electron chi connectivity index (χ1n) is 23.9. The van der Waals surface area contributed by atoms with Gasteiger partial charge in [0.15, 0.2) is 18.4 Å². The summed E-state index contributed by atoms with van der Waals surface area (Å²) in [6.45, 7) is 7.92. The molecule has 6 aliphatic rings. The number of esters is 1. The highest BCUT2D eigenvalue weighted by Gasteiger charge is 2.61. The van der Waals surface area contributed by atoms with E-state index in [4.69, 9.17) is 49.5 Å². The summed E-state index contributed by atoms with van der Waals surface area (Å²) in [5, 5.41) is 9.65. The molecule has 8 rings (SSSR count). The monoisotopic (exact) mass is 928 g/mol. The highest BCUT2D eigenvalue weighted by molar-refractivity contribution is 6.30. The Balaban J connectivity index is 1.14. The van der Waals surface area contributed by atoms with Crippen LogP contribution in [0.5, 0.6) is 0 Å². The average Bonchev–Trinajstić information content (AvgIpc) is 4.03. The van der Waals surface area contributed by atoms with Crippen molar-refractivity contribution in [1.82, 2.24) is 19.9 Å². The van der Waals surface area contributed by atoms with E-state index in [9.17, 15) is 4.79 Å². The predicted molar refractivity (Wildman–Crippen MR) is 239 cm³/mol. The number of benzene rings is 1. The number of methoxy groups -OCH3 is 3. The number of halogens is 2. The Bertz CT molecular complexity index is 1990. The number of carbonyl (C=O) groups excluding carboxylic acids is 2. The summed E-state index contributed by atoms with van der Waals surface area (Å²) < 4.78 is 70.1. The Hall–Kier alpha value is -2.86. The van der Waals surface area contributed by atoms with Gasteiger partial charge in [0.05, 0.1) is 43.1 Å². The Morgan fingerprint density at radius 3 is 2.37 bits per heavy atom. The van der Waals surface area contributed by atoms with Gasteiger partial charge in [-0.05, 0) is 115 Å². The fraction of sp³-hybridized carbons (Fsp3) is 0.755. The van der Waals surface area contributed by atoms with E-state index in [-0.39, 0.29) is 66.5 Å². The minimum absolute atomic E-state index is 0.0415. The van der Waals surface area contributed by atoms with E-state index in [2.05, 4.69) is 36.2 Å². The first-order valence-corrected chi connectivity index (χ1v) is 24.3. The highest BCUT2D eigenvalue weighted by Crippen LogP contribution is 2.61. The molecule has 5 unspecified atom stereocenters. The first kappa shape index (κ1) is 48.6. The van der Waals surface area contributed by atoms with Gasteiger partial charge < -0.3 is 42.8 Å². The fourth-order valence-electron chi connectivity index (χ4n) is 12.5. The van der Waals surface area contributed by atoms with Crippen LogP contribution in [0.2, 0.25) is 5.02 Å². The molecule has 360 valence electrons. The fourth-order valence-corrected chi connectivity index (χ4v) is 12.7. The average molecular weight is 930 g/mol. The summed E-state index contributed by atoms with van der Waals surface area (Å²) in [4.78, 5) is 31.3. The quantitative estimate of drug-likeness (QED) is 0.207. The van der Waals surface area contributed by atoms with Crippen LogP contribution in [-0.4, -0.2) is 141 Å². The topological polar surface area (TPSA) is 142 Å². The van der Waals surface area contributed by atoms with Crippen LogP contribution in [0, 0.1) is 35.5 Å². The van der Waals surface area contributed by atoms with Gasteiger partial charge in [0, 0.05) is 55.7 Å². The van der Waals surface area contributed by atoms with E-state index < -0.39 is 66.8 Å². The SMILES string of the molecule is CC[C@H]1CCC[C@H](O[C@H]2CC[C@H](N(C)C)C(C)O2)[C@@H](C)C(=O)C2=C[C@H]3[C@@H]4C[C@H](O[C@@H]5OC(C)[C@H](OC)C(OC)C5OC)C[C@H]4C(n4cc(-c5cccc(Cl)c5)nn4)[C@@H](F)[C@H]3[C@@H]2CC(=O)O1.